The first kappa shape index (κ1) is 55.0. The van der Waals surface area contributed by atoms with Crippen molar-refractivity contribution >= 4 is 48.7 Å². The van der Waals surface area contributed by atoms with Crippen LogP contribution in [0.4, 0.5) is 0 Å². The van der Waals surface area contributed by atoms with Crippen LogP contribution in [-0.4, -0.2) is 29.9 Å². The van der Waals surface area contributed by atoms with Gasteiger partial charge in [-0.25, -0.2) is 19.9 Å². The summed E-state index contributed by atoms with van der Waals surface area (Å²) in [6.45, 7) is 0. The van der Waals surface area contributed by atoms with Gasteiger partial charge in [0.2, 0.25) is 0 Å². The molecule has 0 saturated heterocycles. The monoisotopic (exact) mass is 1280 g/mol. The predicted molar refractivity (Wildman–Crippen MR) is 416 cm³/mol. The molecule has 1 aliphatic carbocycles. The van der Waals surface area contributed by atoms with Crippen LogP contribution in [0.25, 0.3) is 172 Å². The summed E-state index contributed by atoms with van der Waals surface area (Å²) >= 11 is 0. The first-order valence-corrected chi connectivity index (χ1v) is 33.4. The molecule has 2 unspecified atom stereocenters. The first-order valence-electron chi connectivity index (χ1n) is 36.1. The fourth-order valence-electron chi connectivity index (χ4n) is 13.5. The van der Waals surface area contributed by atoms with Crippen LogP contribution in [0.5, 0.6) is 0 Å². The smallest absolute Gasteiger partial charge is 0.160 e. The molecule has 0 radical (unpaired) electrons. The Labute approximate surface area is 588 Å². The molecule has 4 aromatic heterocycles. The molecule has 0 bridgehead atoms. The molecule has 18 rings (SSSR count). The molecule has 0 amide bonds. The van der Waals surface area contributed by atoms with E-state index in [2.05, 4.69) is 277 Å². The molecule has 6 heteroatoms. The van der Waals surface area contributed by atoms with Gasteiger partial charge in [-0.2, -0.15) is 0 Å². The molecule has 0 fully saturated rings. The number of allylic oxidation sites excluding steroid dienone is 4. The van der Waals surface area contributed by atoms with E-state index in [0.717, 1.165) is 95.0 Å². The molecule has 13 aromatic carbocycles. The Hall–Kier alpha value is -13.2. The van der Waals surface area contributed by atoms with E-state index in [-0.39, 0.29) is 23.7 Å². The molecule has 4 heterocycles. The highest BCUT2D eigenvalue weighted by atomic mass is 14.9. The van der Waals surface area contributed by atoms with Gasteiger partial charge in [-0.1, -0.05) is 297 Å². The standard InChI is InChI=1S/C51H35N3.C43H29N3/c1-2-9-34(10-3-1)35-16-22-38(23-17-35)49-32-50(39-24-18-37(19-25-39)42-11-8-30-52-33-42)54-51(53-49)40-26-20-36(21-27-40)41-28-29-47-45-14-5-4-12-43(45)44-13-6-7-15-46(44)48(47)31-41;1-2-10-30(11-3-1)34-14-6-16-36(26-34)41-28-42(37-17-7-15-35(27-37)38-18-9-25-44-29-38)46-43(45-41)33-23-21-32(22-24-33)40-20-8-13-31-12-4-5-19-39(31)40/h1-2,4-9,11-33H,3,10H2;1-29H/i1D,2D,3D,9D,10D;. The van der Waals surface area contributed by atoms with Crippen molar-refractivity contribution in [3.05, 3.63) is 370 Å². The summed E-state index contributed by atoms with van der Waals surface area (Å²) in [6.07, 6.45) is 4.96. The topological polar surface area (TPSA) is 77.3 Å². The van der Waals surface area contributed by atoms with Crippen molar-refractivity contribution in [2.24, 2.45) is 0 Å². The number of pyridine rings is 2. The number of rotatable bonds is 12. The third-order valence-electron chi connectivity index (χ3n) is 18.6. The molecule has 0 saturated carbocycles. The predicted octanol–water partition coefficient (Wildman–Crippen LogP) is 24.4. The highest BCUT2D eigenvalue weighted by Gasteiger charge is 2.17. The molecule has 17 aromatic rings. The minimum Gasteiger partial charge on any atom is -0.264 e. The Morgan fingerprint density at radius 1 is 0.260 bits per heavy atom. The van der Waals surface area contributed by atoms with Crippen LogP contribution in [-0.2, 0) is 0 Å². The zero-order valence-electron chi connectivity index (χ0n) is 59.2. The molecule has 0 aliphatic heterocycles. The van der Waals surface area contributed by atoms with Crippen LogP contribution in [0.15, 0.2) is 364 Å². The van der Waals surface area contributed by atoms with Crippen LogP contribution >= 0.6 is 0 Å². The fraction of sp³-hybridized carbons (Fsp3) is 0.0213. The Morgan fingerprint density at radius 2 is 0.640 bits per heavy atom. The summed E-state index contributed by atoms with van der Waals surface area (Å²) in [7, 11) is 0. The minimum atomic E-state index is -1.21. The van der Waals surface area contributed by atoms with Gasteiger partial charge in [-0.15, -0.1) is 0 Å². The summed E-state index contributed by atoms with van der Waals surface area (Å²) in [5.74, 6) is 1.26. The van der Waals surface area contributed by atoms with E-state index in [0.29, 0.717) is 22.9 Å². The van der Waals surface area contributed by atoms with E-state index in [1.54, 1.807) is 12.4 Å². The average molecular weight is 1280 g/mol. The number of hydrogen-bond donors (Lipinski definition) is 0. The summed E-state index contributed by atoms with van der Waals surface area (Å²) < 4.78 is 41.6. The lowest BCUT2D eigenvalue weighted by Gasteiger charge is -2.13. The van der Waals surface area contributed by atoms with Gasteiger partial charge >= 0.3 is 0 Å². The largest absolute Gasteiger partial charge is 0.264 e. The third kappa shape index (κ3) is 12.5. The van der Waals surface area contributed by atoms with Crippen molar-refractivity contribution in [3.8, 4) is 123 Å². The van der Waals surface area contributed by atoms with E-state index in [9.17, 15) is 0 Å². The summed E-state index contributed by atoms with van der Waals surface area (Å²) in [4.78, 5) is 29.1. The van der Waals surface area contributed by atoms with Gasteiger partial charge in [0.15, 0.2) is 11.6 Å². The van der Waals surface area contributed by atoms with Gasteiger partial charge < -0.3 is 0 Å². The van der Waals surface area contributed by atoms with E-state index >= 15 is 0 Å². The lowest BCUT2D eigenvalue weighted by atomic mass is 9.92. The molecular weight excluding hydrogens is 1210 g/mol. The maximum absolute atomic E-state index is 8.60. The summed E-state index contributed by atoms with van der Waals surface area (Å²) in [6, 6.07) is 110. The lowest BCUT2D eigenvalue weighted by molar-refractivity contribution is 1.05. The number of fused-ring (bicyclic) bond motifs is 7. The quantitative estimate of drug-likeness (QED) is 0.113. The van der Waals surface area contributed by atoms with Gasteiger partial charge in [-0.05, 0) is 160 Å². The maximum Gasteiger partial charge on any atom is 0.160 e. The number of aromatic nitrogens is 6. The molecule has 1 aliphatic rings. The SMILES string of the molecule is [2H]C1=C([2H])C([2H])C([2H])C(c2ccc(-c3cc(-c4ccc(-c5cccnc5)cc4)nc(-c4ccc(-c5ccc6c7ccccc7c7ccccc7c6c5)cc4)n3)cc2)=C1[2H].c1ccc(-c2cccc(-c3cc(-c4cccc(-c5cccnc5)c4)nc(-c4ccc(-c5cccc6ccccc56)cc4)n3)c2)cc1. The van der Waals surface area contributed by atoms with Crippen molar-refractivity contribution in [1.82, 2.24) is 29.9 Å². The highest BCUT2D eigenvalue weighted by molar-refractivity contribution is 6.25. The number of benzene rings is 13. The Morgan fingerprint density at radius 3 is 1.21 bits per heavy atom. The molecule has 0 N–H and O–H groups in total. The highest BCUT2D eigenvalue weighted by Crippen LogP contribution is 2.40. The van der Waals surface area contributed by atoms with Gasteiger partial charge in [0.1, 0.15) is 0 Å². The number of nitrogens with zero attached hydrogens (tertiary/aromatic N) is 6. The summed E-state index contributed by atoms with van der Waals surface area (Å²) in [5.41, 5.74) is 20.9. The van der Waals surface area contributed by atoms with Crippen LogP contribution < -0.4 is 0 Å². The minimum absolute atomic E-state index is 0.179. The van der Waals surface area contributed by atoms with Crippen LogP contribution in [0.2, 0.25) is 0 Å². The summed E-state index contributed by atoms with van der Waals surface area (Å²) in [5, 5.41) is 9.90. The zero-order valence-corrected chi connectivity index (χ0v) is 54.2. The van der Waals surface area contributed by atoms with Gasteiger partial charge in [0.25, 0.3) is 0 Å². The average Bonchev–Trinajstić information content (AvgIpc) is 0.749. The Kier molecular flexibility index (Phi) is 14.9. The first-order chi connectivity index (χ1) is 51.6. The van der Waals surface area contributed by atoms with Crippen molar-refractivity contribution in [2.75, 3.05) is 0 Å². The molecule has 100 heavy (non-hydrogen) atoms. The van der Waals surface area contributed by atoms with Crippen molar-refractivity contribution in [2.45, 2.75) is 12.8 Å². The van der Waals surface area contributed by atoms with Crippen molar-refractivity contribution < 1.29 is 6.85 Å². The molecule has 2 atom stereocenters. The lowest BCUT2D eigenvalue weighted by Crippen LogP contribution is -1.96. The van der Waals surface area contributed by atoms with E-state index in [1.165, 1.54) is 54.2 Å². The van der Waals surface area contributed by atoms with Crippen molar-refractivity contribution in [1.29, 1.82) is 0 Å². The molecule has 6 nitrogen and oxygen atoms in total. The Bertz CT molecular complexity index is 6050. The van der Waals surface area contributed by atoms with Gasteiger partial charge in [0.05, 0.1) is 26.9 Å². The molecule has 470 valence electrons. The molecular formula is C94H64N6. The number of hydrogen-bond acceptors (Lipinski definition) is 6. The second-order valence-corrected chi connectivity index (χ2v) is 24.8. The normalized spacial score (nSPS) is 14.4. The van der Waals surface area contributed by atoms with E-state index < -0.39 is 12.8 Å². The van der Waals surface area contributed by atoms with E-state index in [1.807, 2.05) is 67.0 Å². The van der Waals surface area contributed by atoms with Crippen LogP contribution in [0.1, 0.15) is 25.2 Å². The third-order valence-corrected chi connectivity index (χ3v) is 18.6. The second-order valence-electron chi connectivity index (χ2n) is 24.8. The fourth-order valence-corrected chi connectivity index (χ4v) is 13.5. The zero-order chi connectivity index (χ0) is 70.9. The van der Waals surface area contributed by atoms with Gasteiger partial charge in [-0.3, -0.25) is 9.97 Å². The second kappa shape index (κ2) is 27.2. The van der Waals surface area contributed by atoms with Crippen LogP contribution in [0.3, 0.4) is 0 Å². The van der Waals surface area contributed by atoms with E-state index in [4.69, 9.17) is 26.8 Å². The molecule has 0 spiro atoms. The van der Waals surface area contributed by atoms with Gasteiger partial charge in [0, 0.05) is 66.5 Å². The van der Waals surface area contributed by atoms with Crippen LogP contribution in [0, 0.1) is 0 Å². The van der Waals surface area contributed by atoms with Crippen molar-refractivity contribution in [3.63, 3.8) is 0 Å². The maximum atomic E-state index is 8.60. The Balaban J connectivity index is 0.000000160.